The third kappa shape index (κ3) is 5.09. The molecule has 0 bridgehead atoms. The van der Waals surface area contributed by atoms with Gasteiger partial charge in [-0.2, -0.15) is 0 Å². The Morgan fingerprint density at radius 3 is 2.55 bits per heavy atom. The fourth-order valence-corrected chi connectivity index (χ4v) is 2.23. The van der Waals surface area contributed by atoms with Crippen molar-refractivity contribution in [3.05, 3.63) is 0 Å². The van der Waals surface area contributed by atoms with E-state index in [0.717, 1.165) is 19.4 Å². The fraction of sp³-hybridized carbons (Fsp3) is 0.857. The van der Waals surface area contributed by atoms with Gasteiger partial charge in [0.2, 0.25) is 11.8 Å². The van der Waals surface area contributed by atoms with Gasteiger partial charge in [-0.25, -0.2) is 0 Å². The normalized spacial score (nSPS) is 21.8. The number of nitrogens with one attached hydrogen (secondary N) is 2. The lowest BCUT2D eigenvalue weighted by Crippen LogP contribution is -2.47. The van der Waals surface area contributed by atoms with E-state index >= 15 is 0 Å². The molecular weight excluding hydrogens is 258 g/mol. The Morgan fingerprint density at radius 2 is 1.90 bits per heavy atom. The summed E-state index contributed by atoms with van der Waals surface area (Å²) in [5.74, 6) is -0.326. The van der Waals surface area contributed by atoms with E-state index in [4.69, 9.17) is 4.74 Å². The van der Waals surface area contributed by atoms with Crippen LogP contribution < -0.4 is 10.6 Å². The summed E-state index contributed by atoms with van der Waals surface area (Å²) < 4.78 is 5.40. The highest BCUT2D eigenvalue weighted by atomic mass is 16.5. The van der Waals surface area contributed by atoms with Crippen LogP contribution in [0, 0.1) is 5.92 Å². The molecule has 1 heterocycles. The zero-order valence-electron chi connectivity index (χ0n) is 12.8. The Kier molecular flexibility index (Phi) is 7.54. The Bertz CT molecular complexity index is 323. The lowest BCUT2D eigenvalue weighted by molar-refractivity contribution is -0.138. The molecule has 6 nitrogen and oxygen atoms in total. The second-order valence-corrected chi connectivity index (χ2v) is 5.25. The monoisotopic (exact) mass is 285 g/mol. The van der Waals surface area contributed by atoms with Crippen LogP contribution in [0.3, 0.4) is 0 Å². The topological polar surface area (TPSA) is 70.7 Å². The van der Waals surface area contributed by atoms with Crippen molar-refractivity contribution in [3.8, 4) is 0 Å². The van der Waals surface area contributed by atoms with Crippen LogP contribution in [0.1, 0.15) is 26.7 Å². The zero-order valence-corrected chi connectivity index (χ0v) is 12.8. The molecule has 2 atom stereocenters. The van der Waals surface area contributed by atoms with Gasteiger partial charge >= 0.3 is 0 Å². The van der Waals surface area contributed by atoms with Gasteiger partial charge in [-0.1, -0.05) is 13.8 Å². The third-order valence-corrected chi connectivity index (χ3v) is 3.38. The summed E-state index contributed by atoms with van der Waals surface area (Å²) in [5.41, 5.74) is 0. The maximum absolute atomic E-state index is 12.4. The Hall–Kier alpha value is -1.14. The molecule has 0 spiro atoms. The van der Waals surface area contributed by atoms with E-state index in [0.29, 0.717) is 19.8 Å². The predicted octanol–water partition coefficient (Wildman–Crippen LogP) is -0.0144. The number of rotatable bonds is 8. The van der Waals surface area contributed by atoms with Crippen LogP contribution in [0.4, 0.5) is 0 Å². The summed E-state index contributed by atoms with van der Waals surface area (Å²) >= 11 is 0. The molecule has 1 aliphatic rings. The van der Waals surface area contributed by atoms with Crippen LogP contribution in [0.5, 0.6) is 0 Å². The summed E-state index contributed by atoms with van der Waals surface area (Å²) in [6.45, 7) is 6.70. The summed E-state index contributed by atoms with van der Waals surface area (Å²) in [4.78, 5) is 25.5. The van der Waals surface area contributed by atoms with Crippen molar-refractivity contribution in [1.29, 1.82) is 0 Å². The van der Waals surface area contributed by atoms with Crippen molar-refractivity contribution >= 4 is 11.8 Å². The second-order valence-electron chi connectivity index (χ2n) is 5.25. The minimum Gasteiger partial charge on any atom is -0.379 e. The quantitative estimate of drug-likeness (QED) is 0.658. The minimum atomic E-state index is -0.189. The highest BCUT2D eigenvalue weighted by Gasteiger charge is 2.35. The van der Waals surface area contributed by atoms with Crippen LogP contribution in [-0.4, -0.2) is 62.7 Å². The largest absolute Gasteiger partial charge is 0.379 e. The molecule has 1 rings (SSSR count). The van der Waals surface area contributed by atoms with Crippen LogP contribution in [0.2, 0.25) is 0 Å². The SMILES string of the molecule is CCCNC(=O)CN(C)C(=O)C1COCC1NCCC. The van der Waals surface area contributed by atoms with Crippen molar-refractivity contribution in [2.24, 2.45) is 5.92 Å². The average molecular weight is 285 g/mol. The number of amides is 2. The van der Waals surface area contributed by atoms with Gasteiger partial charge in [0.15, 0.2) is 0 Å². The molecule has 1 aliphatic heterocycles. The maximum Gasteiger partial charge on any atom is 0.239 e. The van der Waals surface area contributed by atoms with Crippen molar-refractivity contribution in [2.45, 2.75) is 32.7 Å². The molecule has 1 fully saturated rings. The number of carbonyl (C=O) groups is 2. The molecule has 0 radical (unpaired) electrons. The molecule has 116 valence electrons. The van der Waals surface area contributed by atoms with Gasteiger partial charge in [-0.15, -0.1) is 0 Å². The molecule has 0 aromatic carbocycles. The zero-order chi connectivity index (χ0) is 15.0. The number of likely N-dealkylation sites (N-methyl/N-ethyl adjacent to an activating group) is 1. The molecule has 0 aromatic rings. The first-order valence-electron chi connectivity index (χ1n) is 7.42. The molecule has 2 unspecified atom stereocenters. The third-order valence-electron chi connectivity index (χ3n) is 3.38. The highest BCUT2D eigenvalue weighted by molar-refractivity contribution is 5.86. The summed E-state index contributed by atoms with van der Waals surface area (Å²) in [6, 6.07) is 0.0589. The van der Waals surface area contributed by atoms with E-state index < -0.39 is 0 Å². The first-order valence-corrected chi connectivity index (χ1v) is 7.42. The molecule has 20 heavy (non-hydrogen) atoms. The van der Waals surface area contributed by atoms with E-state index in [1.807, 2.05) is 6.92 Å². The number of nitrogens with zero attached hydrogens (tertiary/aromatic N) is 1. The fourth-order valence-electron chi connectivity index (χ4n) is 2.23. The average Bonchev–Trinajstić information content (AvgIpc) is 2.90. The number of carbonyl (C=O) groups excluding carboxylic acids is 2. The van der Waals surface area contributed by atoms with Crippen molar-refractivity contribution in [2.75, 3.05) is 39.9 Å². The van der Waals surface area contributed by atoms with Gasteiger partial charge in [0.1, 0.15) is 0 Å². The van der Waals surface area contributed by atoms with Gasteiger partial charge in [0, 0.05) is 19.6 Å². The smallest absolute Gasteiger partial charge is 0.239 e. The molecule has 2 N–H and O–H groups in total. The van der Waals surface area contributed by atoms with Crippen molar-refractivity contribution in [3.63, 3.8) is 0 Å². The summed E-state index contributed by atoms with van der Waals surface area (Å²) in [6.07, 6.45) is 1.91. The maximum atomic E-state index is 12.4. The molecule has 0 aromatic heterocycles. The van der Waals surface area contributed by atoms with Crippen LogP contribution in [-0.2, 0) is 14.3 Å². The first kappa shape index (κ1) is 16.9. The van der Waals surface area contributed by atoms with E-state index in [2.05, 4.69) is 17.6 Å². The molecule has 0 saturated carbocycles. The van der Waals surface area contributed by atoms with Crippen molar-refractivity contribution < 1.29 is 14.3 Å². The lowest BCUT2D eigenvalue weighted by atomic mass is 10.0. The Morgan fingerprint density at radius 1 is 1.20 bits per heavy atom. The molecule has 0 aliphatic carbocycles. The first-order chi connectivity index (χ1) is 9.60. The second kappa shape index (κ2) is 8.92. The Labute approximate surface area is 121 Å². The van der Waals surface area contributed by atoms with Gasteiger partial charge in [0.25, 0.3) is 0 Å². The molecule has 1 saturated heterocycles. The summed E-state index contributed by atoms with van der Waals surface area (Å²) in [7, 11) is 1.67. The standard InChI is InChI=1S/C14H27N3O3/c1-4-6-15-12-10-20-9-11(12)14(19)17(3)8-13(18)16-7-5-2/h11-12,15H,4-10H2,1-3H3,(H,16,18). The van der Waals surface area contributed by atoms with Gasteiger partial charge < -0.3 is 20.3 Å². The summed E-state index contributed by atoms with van der Waals surface area (Å²) in [5, 5.41) is 6.11. The number of hydrogen-bond acceptors (Lipinski definition) is 4. The molecular formula is C14H27N3O3. The van der Waals surface area contributed by atoms with Crippen LogP contribution in [0.25, 0.3) is 0 Å². The van der Waals surface area contributed by atoms with Crippen molar-refractivity contribution in [1.82, 2.24) is 15.5 Å². The molecule has 2 amide bonds. The molecule has 6 heteroatoms. The minimum absolute atomic E-state index is 0.0252. The number of ether oxygens (including phenoxy) is 1. The van der Waals surface area contributed by atoms with Crippen LogP contribution in [0.15, 0.2) is 0 Å². The highest BCUT2D eigenvalue weighted by Crippen LogP contribution is 2.16. The van der Waals surface area contributed by atoms with Gasteiger partial charge in [0.05, 0.1) is 25.7 Å². The van der Waals surface area contributed by atoms with Crippen LogP contribution >= 0.6 is 0 Å². The predicted molar refractivity (Wildman–Crippen MR) is 77.3 cm³/mol. The van der Waals surface area contributed by atoms with Gasteiger partial charge in [-0.05, 0) is 19.4 Å². The van der Waals surface area contributed by atoms with Gasteiger partial charge in [-0.3, -0.25) is 9.59 Å². The van der Waals surface area contributed by atoms with E-state index in [-0.39, 0.29) is 30.3 Å². The van der Waals surface area contributed by atoms with E-state index in [1.54, 1.807) is 7.05 Å². The lowest BCUT2D eigenvalue weighted by Gasteiger charge is -2.24. The van der Waals surface area contributed by atoms with E-state index in [9.17, 15) is 9.59 Å². The van der Waals surface area contributed by atoms with E-state index in [1.165, 1.54) is 4.90 Å². The number of hydrogen-bond donors (Lipinski definition) is 2. The Balaban J connectivity index is 2.44.